The van der Waals surface area contributed by atoms with Crippen LogP contribution in [0.1, 0.15) is 31.3 Å². The van der Waals surface area contributed by atoms with Crippen LogP contribution >= 0.6 is 0 Å². The molecular weight excluding hydrogens is 190 g/mol. The van der Waals surface area contributed by atoms with E-state index in [1.54, 1.807) is 12.3 Å². The number of hydrogen-bond acceptors (Lipinski definition) is 4. The van der Waals surface area contributed by atoms with Crippen molar-refractivity contribution in [3.8, 4) is 5.75 Å². The number of hydrogen-bond donors (Lipinski definition) is 1. The van der Waals surface area contributed by atoms with Crippen LogP contribution in [0, 0.1) is 0 Å². The van der Waals surface area contributed by atoms with E-state index in [0.717, 1.165) is 11.5 Å². The summed E-state index contributed by atoms with van der Waals surface area (Å²) in [7, 11) is 0. The molecule has 0 spiro atoms. The topological polar surface area (TPSA) is 61.0 Å². The van der Waals surface area contributed by atoms with Crippen LogP contribution in [0.15, 0.2) is 18.9 Å². The molecule has 1 aromatic rings. The monoisotopic (exact) mass is 207 g/mol. The van der Waals surface area contributed by atoms with Crippen LogP contribution in [-0.4, -0.2) is 16.6 Å². The van der Waals surface area contributed by atoms with Gasteiger partial charge in [-0.25, -0.2) is 9.97 Å². The molecule has 0 amide bonds. The molecule has 0 aliphatic heterocycles. The average molecular weight is 207 g/mol. The number of nitrogens with two attached hydrogens (primary N) is 1. The lowest BCUT2D eigenvalue weighted by molar-refractivity contribution is 0.354. The van der Waals surface area contributed by atoms with Crippen molar-refractivity contribution in [1.82, 2.24) is 9.97 Å². The number of nitrogens with zero attached hydrogens (tertiary/aromatic N) is 2. The zero-order valence-corrected chi connectivity index (χ0v) is 9.23. The molecule has 1 rings (SSSR count). The second-order valence-electron chi connectivity index (χ2n) is 3.50. The summed E-state index contributed by atoms with van der Waals surface area (Å²) in [5.74, 6) is 1.73. The van der Waals surface area contributed by atoms with Crippen molar-refractivity contribution in [1.29, 1.82) is 0 Å². The van der Waals surface area contributed by atoms with Gasteiger partial charge < -0.3 is 10.5 Å². The SMILES string of the molecule is C=CCOc1cnc(C(C)C)nc1CN. The molecule has 15 heavy (non-hydrogen) atoms. The predicted molar refractivity (Wildman–Crippen MR) is 59.7 cm³/mol. The molecule has 0 radical (unpaired) electrons. The fourth-order valence-corrected chi connectivity index (χ4v) is 1.12. The Morgan fingerprint density at radius 2 is 2.33 bits per heavy atom. The lowest BCUT2D eigenvalue weighted by atomic mass is 10.2. The van der Waals surface area contributed by atoms with Crippen LogP contribution in [0.2, 0.25) is 0 Å². The largest absolute Gasteiger partial charge is 0.486 e. The van der Waals surface area contributed by atoms with Gasteiger partial charge >= 0.3 is 0 Å². The first-order valence-corrected chi connectivity index (χ1v) is 4.98. The summed E-state index contributed by atoms with van der Waals surface area (Å²) >= 11 is 0. The maximum atomic E-state index is 5.60. The highest BCUT2D eigenvalue weighted by Gasteiger charge is 2.08. The van der Waals surface area contributed by atoms with Gasteiger partial charge in [0.2, 0.25) is 0 Å². The summed E-state index contributed by atoms with van der Waals surface area (Å²) in [6.07, 6.45) is 3.35. The van der Waals surface area contributed by atoms with Crippen LogP contribution in [0.4, 0.5) is 0 Å². The Morgan fingerprint density at radius 3 is 2.87 bits per heavy atom. The zero-order valence-electron chi connectivity index (χ0n) is 9.23. The highest BCUT2D eigenvalue weighted by molar-refractivity contribution is 5.25. The van der Waals surface area contributed by atoms with E-state index in [9.17, 15) is 0 Å². The van der Waals surface area contributed by atoms with Gasteiger partial charge in [-0.3, -0.25) is 0 Å². The minimum Gasteiger partial charge on any atom is -0.486 e. The van der Waals surface area contributed by atoms with E-state index in [1.165, 1.54) is 0 Å². The van der Waals surface area contributed by atoms with Gasteiger partial charge in [0.05, 0.1) is 11.9 Å². The fourth-order valence-electron chi connectivity index (χ4n) is 1.12. The highest BCUT2D eigenvalue weighted by Crippen LogP contribution is 2.17. The van der Waals surface area contributed by atoms with Gasteiger partial charge in [-0.15, -0.1) is 0 Å². The summed E-state index contributed by atoms with van der Waals surface area (Å²) in [6.45, 7) is 8.46. The molecule has 0 aliphatic carbocycles. The molecule has 4 nitrogen and oxygen atoms in total. The average Bonchev–Trinajstić information content (AvgIpc) is 2.25. The van der Waals surface area contributed by atoms with E-state index >= 15 is 0 Å². The molecular formula is C11H17N3O. The zero-order chi connectivity index (χ0) is 11.3. The molecule has 0 atom stereocenters. The van der Waals surface area contributed by atoms with Crippen LogP contribution < -0.4 is 10.5 Å². The van der Waals surface area contributed by atoms with Crippen LogP contribution in [-0.2, 0) is 6.54 Å². The lowest BCUT2D eigenvalue weighted by Crippen LogP contribution is -2.09. The van der Waals surface area contributed by atoms with Crippen molar-refractivity contribution < 1.29 is 4.74 Å². The summed E-state index contributed by atoms with van der Waals surface area (Å²) in [4.78, 5) is 8.56. The Balaban J connectivity index is 2.92. The van der Waals surface area contributed by atoms with E-state index in [2.05, 4.69) is 16.5 Å². The molecule has 0 fully saturated rings. The van der Waals surface area contributed by atoms with Crippen molar-refractivity contribution >= 4 is 0 Å². The van der Waals surface area contributed by atoms with Crippen molar-refractivity contribution in [3.05, 3.63) is 30.4 Å². The van der Waals surface area contributed by atoms with Gasteiger partial charge in [-0.2, -0.15) is 0 Å². The third-order valence-electron chi connectivity index (χ3n) is 1.91. The van der Waals surface area contributed by atoms with Crippen molar-refractivity contribution in [2.24, 2.45) is 5.73 Å². The standard InChI is InChI=1S/C11H17N3O/c1-4-5-15-10-7-13-11(8(2)3)14-9(10)6-12/h4,7-8H,1,5-6,12H2,2-3H3. The summed E-state index contributed by atoms with van der Waals surface area (Å²) in [5, 5.41) is 0. The maximum Gasteiger partial charge on any atom is 0.160 e. The number of rotatable bonds is 5. The summed E-state index contributed by atoms with van der Waals surface area (Å²) < 4.78 is 5.39. The van der Waals surface area contributed by atoms with Gasteiger partial charge in [-0.05, 0) is 0 Å². The molecule has 0 aromatic carbocycles. The Kier molecular flexibility index (Phi) is 4.24. The second kappa shape index (κ2) is 5.46. The predicted octanol–water partition coefficient (Wildman–Crippen LogP) is 1.62. The lowest BCUT2D eigenvalue weighted by Gasteiger charge is -2.10. The van der Waals surface area contributed by atoms with Gasteiger partial charge in [0.15, 0.2) is 5.75 Å². The first kappa shape index (κ1) is 11.7. The molecule has 0 saturated carbocycles. The smallest absolute Gasteiger partial charge is 0.160 e. The van der Waals surface area contributed by atoms with Crippen molar-refractivity contribution in [3.63, 3.8) is 0 Å². The Hall–Kier alpha value is -1.42. The van der Waals surface area contributed by atoms with Crippen LogP contribution in [0.3, 0.4) is 0 Å². The van der Waals surface area contributed by atoms with E-state index in [4.69, 9.17) is 10.5 Å². The first-order valence-electron chi connectivity index (χ1n) is 4.98. The highest BCUT2D eigenvalue weighted by atomic mass is 16.5. The van der Waals surface area contributed by atoms with Gasteiger partial charge in [0, 0.05) is 12.5 Å². The number of aromatic nitrogens is 2. The molecule has 0 bridgehead atoms. The van der Waals surface area contributed by atoms with Gasteiger partial charge in [0.1, 0.15) is 12.4 Å². The van der Waals surface area contributed by atoms with Gasteiger partial charge in [-0.1, -0.05) is 26.5 Å². The number of ether oxygens (including phenoxy) is 1. The Bertz CT molecular complexity index is 337. The molecule has 1 aromatic heterocycles. The van der Waals surface area contributed by atoms with Gasteiger partial charge in [0.25, 0.3) is 0 Å². The molecule has 82 valence electrons. The minimum absolute atomic E-state index is 0.295. The fraction of sp³-hybridized carbons (Fsp3) is 0.455. The molecule has 1 heterocycles. The quantitative estimate of drug-likeness (QED) is 0.745. The van der Waals surface area contributed by atoms with Crippen LogP contribution in [0.25, 0.3) is 0 Å². The minimum atomic E-state index is 0.295. The van der Waals surface area contributed by atoms with Crippen molar-refractivity contribution in [2.75, 3.05) is 6.61 Å². The molecule has 0 saturated heterocycles. The molecule has 0 aliphatic rings. The molecule has 2 N–H and O–H groups in total. The van der Waals surface area contributed by atoms with E-state index in [0.29, 0.717) is 24.8 Å². The van der Waals surface area contributed by atoms with Crippen LogP contribution in [0.5, 0.6) is 5.75 Å². The first-order chi connectivity index (χ1) is 7.19. The van der Waals surface area contributed by atoms with E-state index in [-0.39, 0.29) is 0 Å². The normalized spacial score (nSPS) is 10.4. The summed E-state index contributed by atoms with van der Waals surface area (Å²) in [6, 6.07) is 0. The third kappa shape index (κ3) is 3.02. The van der Waals surface area contributed by atoms with E-state index in [1.807, 2.05) is 13.8 Å². The maximum absolute atomic E-state index is 5.60. The summed E-state index contributed by atoms with van der Waals surface area (Å²) in [5.41, 5.74) is 6.34. The third-order valence-corrected chi connectivity index (χ3v) is 1.91. The Labute approximate surface area is 90.2 Å². The molecule has 4 heteroatoms. The molecule has 0 unspecified atom stereocenters. The Morgan fingerprint density at radius 1 is 1.60 bits per heavy atom. The van der Waals surface area contributed by atoms with Crippen molar-refractivity contribution in [2.45, 2.75) is 26.3 Å². The second-order valence-corrected chi connectivity index (χ2v) is 3.50. The van der Waals surface area contributed by atoms with E-state index < -0.39 is 0 Å².